The number of hydrogen-bond acceptors (Lipinski definition) is 4. The molecule has 4 N–H and O–H groups in total. The first kappa shape index (κ1) is 15.0. The zero-order valence-corrected chi connectivity index (χ0v) is 12.1. The van der Waals surface area contributed by atoms with E-state index in [2.05, 4.69) is 10.0 Å². The van der Waals surface area contributed by atoms with E-state index in [0.717, 1.165) is 0 Å². The number of carbonyl (C=O) groups excluding carboxylic acids is 1. The predicted octanol–water partition coefficient (Wildman–Crippen LogP) is 1.43. The monoisotopic (exact) mass is 305 g/mol. The number of nitrogens with two attached hydrogens (primary N) is 1. The van der Waals surface area contributed by atoms with E-state index < -0.39 is 10.0 Å². The Kier molecular flexibility index (Phi) is 4.25. The second-order valence-corrected chi connectivity index (χ2v) is 6.16. The number of nitrogen functional groups attached to an aromatic ring is 1. The van der Waals surface area contributed by atoms with Crippen LogP contribution in [0.2, 0.25) is 0 Å². The van der Waals surface area contributed by atoms with Crippen LogP contribution in [0.15, 0.2) is 53.4 Å². The fourth-order valence-corrected chi connectivity index (χ4v) is 2.47. The van der Waals surface area contributed by atoms with E-state index in [1.54, 1.807) is 24.3 Å². The molecule has 2 aromatic rings. The number of nitrogens with one attached hydrogen (secondary N) is 2. The van der Waals surface area contributed by atoms with E-state index in [1.807, 2.05) is 0 Å². The summed E-state index contributed by atoms with van der Waals surface area (Å²) in [6.45, 7) is 0. The number of para-hydroxylation sites is 1. The van der Waals surface area contributed by atoms with E-state index in [9.17, 15) is 13.2 Å². The lowest BCUT2D eigenvalue weighted by molar-refractivity contribution is 0.102. The largest absolute Gasteiger partial charge is 0.398 e. The average molecular weight is 305 g/mol. The highest BCUT2D eigenvalue weighted by molar-refractivity contribution is 7.89. The van der Waals surface area contributed by atoms with Crippen molar-refractivity contribution in [2.75, 3.05) is 18.1 Å². The number of rotatable bonds is 4. The molecule has 2 rings (SSSR count). The van der Waals surface area contributed by atoms with Crippen LogP contribution in [0.5, 0.6) is 0 Å². The van der Waals surface area contributed by atoms with Crippen molar-refractivity contribution in [3.05, 3.63) is 54.1 Å². The summed E-state index contributed by atoms with van der Waals surface area (Å²) in [5.41, 5.74) is 6.95. The molecular formula is C14H15N3O3S. The van der Waals surface area contributed by atoms with Crippen molar-refractivity contribution in [3.63, 3.8) is 0 Å². The van der Waals surface area contributed by atoms with Crippen molar-refractivity contribution in [2.45, 2.75) is 4.90 Å². The van der Waals surface area contributed by atoms with Crippen molar-refractivity contribution in [1.82, 2.24) is 4.72 Å². The molecule has 0 heterocycles. The van der Waals surface area contributed by atoms with Crippen LogP contribution in [0.25, 0.3) is 0 Å². The van der Waals surface area contributed by atoms with Crippen LogP contribution in [0.3, 0.4) is 0 Å². The molecule has 110 valence electrons. The Hall–Kier alpha value is -2.38. The molecule has 0 spiro atoms. The van der Waals surface area contributed by atoms with Crippen LogP contribution in [-0.2, 0) is 10.0 Å². The third kappa shape index (κ3) is 3.39. The first-order valence-electron chi connectivity index (χ1n) is 6.13. The van der Waals surface area contributed by atoms with E-state index >= 15 is 0 Å². The van der Waals surface area contributed by atoms with E-state index in [1.165, 1.54) is 31.3 Å². The van der Waals surface area contributed by atoms with Gasteiger partial charge in [0.15, 0.2) is 0 Å². The third-order valence-corrected chi connectivity index (χ3v) is 4.33. The summed E-state index contributed by atoms with van der Waals surface area (Å²) in [4.78, 5) is 12.2. The van der Waals surface area contributed by atoms with Gasteiger partial charge in [-0.3, -0.25) is 4.79 Å². The fraction of sp³-hybridized carbons (Fsp3) is 0.0714. The Morgan fingerprint density at radius 3 is 2.24 bits per heavy atom. The van der Waals surface area contributed by atoms with Gasteiger partial charge in [-0.25, -0.2) is 13.1 Å². The molecule has 7 heteroatoms. The Labute approximate surface area is 123 Å². The topological polar surface area (TPSA) is 101 Å². The van der Waals surface area contributed by atoms with Crippen LogP contribution in [0.1, 0.15) is 10.4 Å². The quantitative estimate of drug-likeness (QED) is 0.744. The van der Waals surface area contributed by atoms with Crippen molar-refractivity contribution in [2.24, 2.45) is 0 Å². The second kappa shape index (κ2) is 5.94. The molecule has 0 fully saturated rings. The standard InChI is InChI=1S/C14H15N3O3S/c1-16-21(19,20)11-8-6-10(7-9-11)17-14(18)12-4-2-3-5-13(12)15/h2-9,16H,15H2,1H3,(H,17,18). The first-order valence-corrected chi connectivity index (χ1v) is 7.62. The lowest BCUT2D eigenvalue weighted by atomic mass is 10.1. The maximum Gasteiger partial charge on any atom is 0.257 e. The minimum atomic E-state index is -3.49. The molecule has 6 nitrogen and oxygen atoms in total. The molecule has 1 amide bonds. The predicted molar refractivity (Wildman–Crippen MR) is 81.5 cm³/mol. The summed E-state index contributed by atoms with van der Waals surface area (Å²) in [5.74, 6) is -0.350. The van der Waals surface area contributed by atoms with Crippen LogP contribution >= 0.6 is 0 Å². The number of sulfonamides is 1. The van der Waals surface area contributed by atoms with E-state index in [-0.39, 0.29) is 10.8 Å². The first-order chi connectivity index (χ1) is 9.94. The van der Waals surface area contributed by atoms with Gasteiger partial charge in [-0.05, 0) is 43.4 Å². The fourth-order valence-electron chi connectivity index (χ4n) is 1.74. The molecule has 0 saturated carbocycles. The van der Waals surface area contributed by atoms with Gasteiger partial charge in [-0.15, -0.1) is 0 Å². The van der Waals surface area contributed by atoms with E-state index in [4.69, 9.17) is 5.73 Å². The number of benzene rings is 2. The Morgan fingerprint density at radius 1 is 1.05 bits per heavy atom. The van der Waals surface area contributed by atoms with Crippen LogP contribution in [0.4, 0.5) is 11.4 Å². The smallest absolute Gasteiger partial charge is 0.257 e. The van der Waals surface area contributed by atoms with Crippen molar-refractivity contribution in [3.8, 4) is 0 Å². The van der Waals surface area contributed by atoms with Gasteiger partial charge < -0.3 is 11.1 Å². The van der Waals surface area contributed by atoms with Crippen LogP contribution < -0.4 is 15.8 Å². The molecule has 0 unspecified atom stereocenters. The van der Waals surface area contributed by atoms with Crippen molar-refractivity contribution >= 4 is 27.3 Å². The number of carbonyl (C=O) groups is 1. The molecule has 0 atom stereocenters. The second-order valence-electron chi connectivity index (χ2n) is 4.27. The Bertz CT molecular complexity index is 755. The van der Waals surface area contributed by atoms with Gasteiger partial charge in [0, 0.05) is 11.4 Å². The highest BCUT2D eigenvalue weighted by Crippen LogP contribution is 2.16. The van der Waals surface area contributed by atoms with Crippen molar-refractivity contribution in [1.29, 1.82) is 0 Å². The average Bonchev–Trinajstić information content (AvgIpc) is 2.48. The summed E-state index contributed by atoms with van der Waals surface area (Å²) in [6.07, 6.45) is 0. The van der Waals surface area contributed by atoms with Gasteiger partial charge in [0.25, 0.3) is 5.91 Å². The SMILES string of the molecule is CNS(=O)(=O)c1ccc(NC(=O)c2ccccc2N)cc1. The van der Waals surface area contributed by atoms with Crippen LogP contribution in [0, 0.1) is 0 Å². The summed E-state index contributed by atoms with van der Waals surface area (Å²) in [6, 6.07) is 12.6. The molecule has 0 aromatic heterocycles. The lowest BCUT2D eigenvalue weighted by Gasteiger charge is -2.08. The van der Waals surface area contributed by atoms with Gasteiger partial charge in [0.2, 0.25) is 10.0 Å². The van der Waals surface area contributed by atoms with Crippen molar-refractivity contribution < 1.29 is 13.2 Å². The molecule has 0 aliphatic heterocycles. The molecule has 21 heavy (non-hydrogen) atoms. The zero-order valence-electron chi connectivity index (χ0n) is 11.3. The molecule has 0 bridgehead atoms. The zero-order chi connectivity index (χ0) is 15.5. The maximum absolute atomic E-state index is 12.1. The maximum atomic E-state index is 12.1. The molecule has 0 saturated heterocycles. The van der Waals surface area contributed by atoms with E-state index in [0.29, 0.717) is 16.9 Å². The summed E-state index contributed by atoms with van der Waals surface area (Å²) in [7, 11) is -2.15. The minimum Gasteiger partial charge on any atom is -0.398 e. The molecule has 0 radical (unpaired) electrons. The third-order valence-electron chi connectivity index (χ3n) is 2.90. The molecular weight excluding hydrogens is 290 g/mol. The minimum absolute atomic E-state index is 0.127. The number of amides is 1. The molecule has 2 aromatic carbocycles. The summed E-state index contributed by atoms with van der Waals surface area (Å²) in [5, 5.41) is 2.66. The summed E-state index contributed by atoms with van der Waals surface area (Å²) < 4.78 is 25.4. The highest BCUT2D eigenvalue weighted by atomic mass is 32.2. The summed E-state index contributed by atoms with van der Waals surface area (Å²) >= 11 is 0. The highest BCUT2D eigenvalue weighted by Gasteiger charge is 2.12. The Balaban J connectivity index is 2.18. The molecule has 0 aliphatic carbocycles. The van der Waals surface area contributed by atoms with Crippen LogP contribution in [-0.4, -0.2) is 21.4 Å². The normalized spacial score (nSPS) is 11.1. The lowest BCUT2D eigenvalue weighted by Crippen LogP contribution is -2.18. The number of anilines is 2. The van der Waals surface area contributed by atoms with Gasteiger partial charge in [-0.2, -0.15) is 0 Å². The Morgan fingerprint density at radius 2 is 1.67 bits per heavy atom. The molecule has 0 aliphatic rings. The van der Waals surface area contributed by atoms with Gasteiger partial charge in [0.05, 0.1) is 10.5 Å². The van der Waals surface area contributed by atoms with Gasteiger partial charge in [0.1, 0.15) is 0 Å². The van der Waals surface area contributed by atoms with Gasteiger partial charge in [-0.1, -0.05) is 12.1 Å². The number of hydrogen-bond donors (Lipinski definition) is 3. The van der Waals surface area contributed by atoms with Gasteiger partial charge >= 0.3 is 0 Å².